The number of H-pyrrole nitrogens is 1. The molecule has 2 rings (SSSR count). The van der Waals surface area contributed by atoms with E-state index in [-0.39, 0.29) is 6.04 Å². The highest BCUT2D eigenvalue weighted by Gasteiger charge is 2.11. The number of aryl methyl sites for hydroxylation is 1. The van der Waals surface area contributed by atoms with Crippen molar-refractivity contribution in [2.75, 3.05) is 0 Å². The summed E-state index contributed by atoms with van der Waals surface area (Å²) in [6.45, 7) is 0. The Morgan fingerprint density at radius 3 is 2.75 bits per heavy atom. The van der Waals surface area contributed by atoms with E-state index in [4.69, 9.17) is 5.84 Å². The molecule has 0 aliphatic heterocycles. The van der Waals surface area contributed by atoms with E-state index in [1.807, 2.05) is 18.2 Å². The lowest BCUT2D eigenvalue weighted by molar-refractivity contribution is 0.503. The van der Waals surface area contributed by atoms with E-state index in [1.54, 1.807) is 6.20 Å². The largest absolute Gasteiger partial charge is 0.271 e. The number of benzene rings is 1. The molecule has 0 spiro atoms. The van der Waals surface area contributed by atoms with Crippen molar-refractivity contribution in [2.45, 2.75) is 18.9 Å². The normalized spacial score (nSPS) is 12.6. The van der Waals surface area contributed by atoms with E-state index in [0.29, 0.717) is 0 Å². The van der Waals surface area contributed by atoms with Crippen LogP contribution in [-0.2, 0) is 6.42 Å². The maximum atomic E-state index is 5.50. The Labute approximate surface area is 94.0 Å². The monoisotopic (exact) mass is 217 g/mol. The van der Waals surface area contributed by atoms with Crippen LogP contribution in [0.25, 0.3) is 0 Å². The third-order valence-electron chi connectivity index (χ3n) is 2.56. The average Bonchev–Trinajstić information content (AvgIpc) is 2.85. The van der Waals surface area contributed by atoms with Gasteiger partial charge in [0.15, 0.2) is 0 Å². The summed E-state index contributed by atoms with van der Waals surface area (Å²) in [5, 5.41) is 10.4. The molecule has 0 aliphatic carbocycles. The molecule has 0 radical (unpaired) electrons. The third kappa shape index (κ3) is 2.65. The van der Waals surface area contributed by atoms with Gasteiger partial charge in [0, 0.05) is 0 Å². The smallest absolute Gasteiger partial charge is 0.101 e. The highest BCUT2D eigenvalue weighted by Crippen LogP contribution is 2.15. The number of aromatic amines is 1. The van der Waals surface area contributed by atoms with Gasteiger partial charge in [0.25, 0.3) is 0 Å². The molecule has 1 aromatic carbocycles. The van der Waals surface area contributed by atoms with Crippen molar-refractivity contribution in [3.05, 3.63) is 47.8 Å². The minimum atomic E-state index is 0.0407. The van der Waals surface area contributed by atoms with Gasteiger partial charge in [0.05, 0.1) is 12.2 Å². The molecular formula is C11H15N5. The van der Waals surface area contributed by atoms with E-state index < -0.39 is 0 Å². The lowest BCUT2D eigenvalue weighted by Gasteiger charge is -2.12. The number of hydrogen-bond donors (Lipinski definition) is 3. The second-order valence-electron chi connectivity index (χ2n) is 3.64. The van der Waals surface area contributed by atoms with E-state index in [9.17, 15) is 0 Å². The number of rotatable bonds is 5. The van der Waals surface area contributed by atoms with Crippen molar-refractivity contribution in [3.8, 4) is 0 Å². The number of nitrogens with one attached hydrogen (secondary N) is 2. The molecule has 1 heterocycles. The van der Waals surface area contributed by atoms with Crippen LogP contribution in [0.4, 0.5) is 0 Å². The second kappa shape index (κ2) is 5.39. The number of nitrogens with zero attached hydrogens (tertiary/aromatic N) is 2. The minimum Gasteiger partial charge on any atom is -0.271 e. The van der Waals surface area contributed by atoms with Crippen molar-refractivity contribution in [1.29, 1.82) is 0 Å². The lowest BCUT2D eigenvalue weighted by atomic mass is 10.0. The Balaban J connectivity index is 1.94. The van der Waals surface area contributed by atoms with Gasteiger partial charge in [-0.1, -0.05) is 30.3 Å². The van der Waals surface area contributed by atoms with E-state index >= 15 is 0 Å². The SMILES string of the molecule is NNC(CCc1ccccc1)c1cn[nH]n1. The van der Waals surface area contributed by atoms with Crippen LogP contribution < -0.4 is 11.3 Å². The maximum absolute atomic E-state index is 5.50. The van der Waals surface area contributed by atoms with Crippen molar-refractivity contribution in [3.63, 3.8) is 0 Å². The van der Waals surface area contributed by atoms with Gasteiger partial charge in [-0.25, -0.2) is 0 Å². The molecule has 2 aromatic rings. The highest BCUT2D eigenvalue weighted by atomic mass is 15.3. The van der Waals surface area contributed by atoms with Crippen molar-refractivity contribution < 1.29 is 0 Å². The number of aromatic nitrogens is 3. The van der Waals surface area contributed by atoms with Gasteiger partial charge in [-0.15, -0.1) is 0 Å². The van der Waals surface area contributed by atoms with Gasteiger partial charge in [0.2, 0.25) is 0 Å². The molecule has 1 aromatic heterocycles. The van der Waals surface area contributed by atoms with Crippen molar-refractivity contribution in [1.82, 2.24) is 20.8 Å². The van der Waals surface area contributed by atoms with Crippen LogP contribution in [-0.4, -0.2) is 15.4 Å². The summed E-state index contributed by atoms with van der Waals surface area (Å²) in [6, 6.07) is 10.3. The molecule has 0 bridgehead atoms. The van der Waals surface area contributed by atoms with E-state index in [0.717, 1.165) is 18.5 Å². The zero-order chi connectivity index (χ0) is 11.2. The summed E-state index contributed by atoms with van der Waals surface area (Å²) in [6.07, 6.45) is 3.55. The van der Waals surface area contributed by atoms with Crippen LogP contribution in [0.1, 0.15) is 23.7 Å². The van der Waals surface area contributed by atoms with Crippen LogP contribution in [0.3, 0.4) is 0 Å². The second-order valence-corrected chi connectivity index (χ2v) is 3.64. The summed E-state index contributed by atoms with van der Waals surface area (Å²) in [7, 11) is 0. The Morgan fingerprint density at radius 1 is 1.31 bits per heavy atom. The summed E-state index contributed by atoms with van der Waals surface area (Å²) < 4.78 is 0. The Kier molecular flexibility index (Phi) is 3.63. The summed E-state index contributed by atoms with van der Waals surface area (Å²) in [4.78, 5) is 0. The first kappa shape index (κ1) is 10.8. The Bertz CT molecular complexity index is 398. The molecule has 0 fully saturated rings. The first-order chi connectivity index (χ1) is 7.90. The molecule has 0 saturated heterocycles. The fourth-order valence-electron chi connectivity index (χ4n) is 1.65. The lowest BCUT2D eigenvalue weighted by Crippen LogP contribution is -2.28. The first-order valence-corrected chi connectivity index (χ1v) is 5.26. The quantitative estimate of drug-likeness (QED) is 0.514. The molecule has 16 heavy (non-hydrogen) atoms. The molecule has 0 saturated carbocycles. The number of hydrazine groups is 1. The zero-order valence-electron chi connectivity index (χ0n) is 8.93. The Morgan fingerprint density at radius 2 is 2.12 bits per heavy atom. The van der Waals surface area contributed by atoms with Gasteiger partial charge in [0.1, 0.15) is 5.69 Å². The van der Waals surface area contributed by atoms with Crippen LogP contribution in [0.5, 0.6) is 0 Å². The average molecular weight is 217 g/mol. The summed E-state index contributed by atoms with van der Waals surface area (Å²) in [5.41, 5.74) is 4.90. The number of hydrogen-bond acceptors (Lipinski definition) is 4. The van der Waals surface area contributed by atoms with E-state index in [1.165, 1.54) is 5.56 Å². The molecule has 5 heteroatoms. The number of nitrogens with two attached hydrogens (primary N) is 1. The topological polar surface area (TPSA) is 79.6 Å². The predicted molar refractivity (Wildman–Crippen MR) is 61.2 cm³/mol. The van der Waals surface area contributed by atoms with Gasteiger partial charge in [-0.3, -0.25) is 11.3 Å². The fourth-order valence-corrected chi connectivity index (χ4v) is 1.65. The Hall–Kier alpha value is -1.72. The van der Waals surface area contributed by atoms with Gasteiger partial charge < -0.3 is 0 Å². The molecular weight excluding hydrogens is 202 g/mol. The zero-order valence-corrected chi connectivity index (χ0v) is 8.93. The van der Waals surface area contributed by atoms with Crippen LogP contribution in [0, 0.1) is 0 Å². The molecule has 0 amide bonds. The molecule has 0 aliphatic rings. The highest BCUT2D eigenvalue weighted by molar-refractivity contribution is 5.15. The van der Waals surface area contributed by atoms with Crippen molar-refractivity contribution in [2.24, 2.45) is 5.84 Å². The van der Waals surface area contributed by atoms with Crippen LogP contribution >= 0.6 is 0 Å². The van der Waals surface area contributed by atoms with Gasteiger partial charge in [-0.2, -0.15) is 15.4 Å². The fraction of sp³-hybridized carbons (Fsp3) is 0.273. The summed E-state index contributed by atoms with van der Waals surface area (Å²) in [5.74, 6) is 5.50. The third-order valence-corrected chi connectivity index (χ3v) is 2.56. The molecule has 1 atom stereocenters. The predicted octanol–water partition coefficient (Wildman–Crippen LogP) is 0.942. The van der Waals surface area contributed by atoms with Gasteiger partial charge >= 0.3 is 0 Å². The van der Waals surface area contributed by atoms with Gasteiger partial charge in [-0.05, 0) is 18.4 Å². The first-order valence-electron chi connectivity index (χ1n) is 5.26. The molecule has 4 N–H and O–H groups in total. The minimum absolute atomic E-state index is 0.0407. The molecule has 84 valence electrons. The molecule has 5 nitrogen and oxygen atoms in total. The van der Waals surface area contributed by atoms with E-state index in [2.05, 4.69) is 33.0 Å². The maximum Gasteiger partial charge on any atom is 0.101 e. The molecule has 1 unspecified atom stereocenters. The van der Waals surface area contributed by atoms with Crippen LogP contribution in [0.15, 0.2) is 36.5 Å². The van der Waals surface area contributed by atoms with Crippen molar-refractivity contribution >= 4 is 0 Å². The standard InChI is InChI=1S/C11H15N5/c12-14-10(11-8-13-16-15-11)7-6-9-4-2-1-3-5-9/h1-5,8,10,14H,6-7,12H2,(H,13,15,16). The summed E-state index contributed by atoms with van der Waals surface area (Å²) >= 11 is 0. The van der Waals surface area contributed by atoms with Crippen LogP contribution in [0.2, 0.25) is 0 Å².